The lowest BCUT2D eigenvalue weighted by molar-refractivity contribution is -0.118. The second-order valence-corrected chi connectivity index (χ2v) is 13.3. The summed E-state index contributed by atoms with van der Waals surface area (Å²) in [6.45, 7) is -0.566. The van der Waals surface area contributed by atoms with Gasteiger partial charge in [-0.05, 0) is 59.4 Å². The largest absolute Gasteiger partial charge is 0.314 e. The number of carbonyl (C=O) groups is 1. The summed E-state index contributed by atoms with van der Waals surface area (Å²) in [6, 6.07) is 7.44. The molecule has 2 aromatic carbocycles. The highest BCUT2D eigenvalue weighted by molar-refractivity contribution is 7.86. The van der Waals surface area contributed by atoms with Gasteiger partial charge >= 0.3 is 0 Å². The lowest BCUT2D eigenvalue weighted by Gasteiger charge is -2.37. The Morgan fingerprint density at radius 2 is 1.69 bits per heavy atom. The van der Waals surface area contributed by atoms with Gasteiger partial charge in [0.25, 0.3) is 16.1 Å². The van der Waals surface area contributed by atoms with Crippen molar-refractivity contribution in [3.63, 3.8) is 0 Å². The summed E-state index contributed by atoms with van der Waals surface area (Å²) in [5, 5.41) is 3.10. The van der Waals surface area contributed by atoms with E-state index in [1.807, 2.05) is 0 Å². The summed E-state index contributed by atoms with van der Waals surface area (Å²) in [5.41, 5.74) is 1.05. The second-order valence-electron chi connectivity index (χ2n) is 11.4. The van der Waals surface area contributed by atoms with E-state index in [1.165, 1.54) is 34.8 Å². The maximum atomic E-state index is 15.1. The van der Waals surface area contributed by atoms with Crippen LogP contribution in [0.15, 0.2) is 54.9 Å². The SMILES string of the molecule is O=C(Cc1cncc(F)c1CC[C@H]1CNCCN1S(=O)(=O)N1CCC(F)(F)C1)C[C@@H](c1ccc(F)cc1)c1cc(F)cc(F)c1. The Morgan fingerprint density at radius 1 is 0.978 bits per heavy atom. The Kier molecular flexibility index (Phi) is 9.97. The molecule has 0 bridgehead atoms. The molecule has 2 saturated heterocycles. The predicted octanol–water partition coefficient (Wildman–Crippen LogP) is 4.76. The molecule has 1 aromatic heterocycles. The summed E-state index contributed by atoms with van der Waals surface area (Å²) in [5.74, 6) is -7.22. The molecule has 2 aliphatic rings. The molecular weight excluding hydrogens is 622 g/mol. The topological polar surface area (TPSA) is 82.6 Å². The lowest BCUT2D eigenvalue weighted by atomic mass is 9.85. The number of alkyl halides is 2. The van der Waals surface area contributed by atoms with Gasteiger partial charge in [0, 0.05) is 69.7 Å². The van der Waals surface area contributed by atoms with Crippen LogP contribution in [0.3, 0.4) is 0 Å². The van der Waals surface area contributed by atoms with Gasteiger partial charge in [0.15, 0.2) is 0 Å². The molecule has 0 unspecified atom stereocenters. The molecule has 2 atom stereocenters. The maximum absolute atomic E-state index is 15.1. The second kappa shape index (κ2) is 13.6. The van der Waals surface area contributed by atoms with Crippen LogP contribution in [-0.4, -0.2) is 72.5 Å². The van der Waals surface area contributed by atoms with Crippen molar-refractivity contribution in [3.05, 3.63) is 100 Å². The number of hydrogen-bond donors (Lipinski definition) is 1. The third-order valence-electron chi connectivity index (χ3n) is 8.25. The first-order valence-electron chi connectivity index (χ1n) is 14.5. The summed E-state index contributed by atoms with van der Waals surface area (Å²) >= 11 is 0. The van der Waals surface area contributed by atoms with E-state index in [1.54, 1.807) is 0 Å². The molecule has 0 saturated carbocycles. The van der Waals surface area contributed by atoms with Crippen molar-refractivity contribution in [2.24, 2.45) is 0 Å². The molecule has 2 fully saturated rings. The minimum Gasteiger partial charge on any atom is -0.314 e. The highest BCUT2D eigenvalue weighted by Gasteiger charge is 2.46. The molecule has 2 aliphatic heterocycles. The zero-order valence-corrected chi connectivity index (χ0v) is 25.0. The number of Topliss-reactive ketones (excluding diaryl/α,β-unsaturated/α-hetero) is 1. The molecule has 5 rings (SSSR count). The van der Waals surface area contributed by atoms with Crippen molar-refractivity contribution in [1.82, 2.24) is 18.9 Å². The fraction of sp³-hybridized carbons (Fsp3) is 0.419. The smallest absolute Gasteiger partial charge is 0.282 e. The Hall–Kier alpha value is -3.33. The number of rotatable bonds is 11. The van der Waals surface area contributed by atoms with Crippen molar-refractivity contribution in [2.75, 3.05) is 32.7 Å². The molecule has 14 heteroatoms. The number of aromatic nitrogens is 1. The minimum atomic E-state index is -4.19. The van der Waals surface area contributed by atoms with E-state index in [9.17, 15) is 35.2 Å². The van der Waals surface area contributed by atoms with Crippen LogP contribution in [0.2, 0.25) is 0 Å². The fourth-order valence-corrected chi connectivity index (χ4v) is 7.85. The number of piperazine rings is 1. The number of nitrogens with one attached hydrogen (secondary N) is 1. The molecule has 3 heterocycles. The average molecular weight is 655 g/mol. The van der Waals surface area contributed by atoms with E-state index in [-0.39, 0.29) is 62.0 Å². The van der Waals surface area contributed by atoms with Crippen LogP contribution < -0.4 is 5.32 Å². The van der Waals surface area contributed by atoms with Gasteiger partial charge in [0.2, 0.25) is 0 Å². The zero-order chi connectivity index (χ0) is 32.4. The first kappa shape index (κ1) is 33.0. The number of pyridine rings is 1. The number of benzene rings is 2. The summed E-state index contributed by atoms with van der Waals surface area (Å²) in [4.78, 5) is 17.3. The van der Waals surface area contributed by atoms with E-state index in [4.69, 9.17) is 0 Å². The highest BCUT2D eigenvalue weighted by Crippen LogP contribution is 2.32. The first-order chi connectivity index (χ1) is 21.3. The van der Waals surface area contributed by atoms with Crippen molar-refractivity contribution in [3.8, 4) is 0 Å². The monoisotopic (exact) mass is 654 g/mol. The molecule has 1 N–H and O–H groups in total. The van der Waals surface area contributed by atoms with Gasteiger partial charge in [0.1, 0.15) is 29.1 Å². The molecule has 7 nitrogen and oxygen atoms in total. The third kappa shape index (κ3) is 7.91. The van der Waals surface area contributed by atoms with Crippen molar-refractivity contribution in [2.45, 2.75) is 50.0 Å². The van der Waals surface area contributed by atoms with Crippen LogP contribution in [-0.2, 0) is 27.8 Å². The van der Waals surface area contributed by atoms with Gasteiger partial charge in [-0.2, -0.15) is 17.0 Å². The van der Waals surface area contributed by atoms with E-state index in [2.05, 4.69) is 10.3 Å². The standard InChI is InChI=1S/C31H32F6N4O3S/c32-23-3-1-20(2-4-23)29(21-11-24(33)14-25(34)12-21)15-27(42)13-22-16-39-18-30(35)28(22)6-5-26-17-38-8-10-41(26)45(43,44)40-9-7-31(36,37)19-40/h1-4,11-12,14,16,18,26,29,38H,5-10,13,15,17,19H2/t26-,29-/m0/s1. The van der Waals surface area contributed by atoms with Crippen LogP contribution in [0.1, 0.15) is 47.4 Å². The number of ketones is 1. The minimum absolute atomic E-state index is 0.0298. The molecule has 0 radical (unpaired) electrons. The van der Waals surface area contributed by atoms with Crippen molar-refractivity contribution in [1.29, 1.82) is 0 Å². The molecule has 242 valence electrons. The fourth-order valence-electron chi connectivity index (χ4n) is 6.00. The van der Waals surface area contributed by atoms with E-state index in [0.29, 0.717) is 18.2 Å². The molecular formula is C31H32F6N4O3S. The average Bonchev–Trinajstić information content (AvgIpc) is 3.36. The normalized spacial score (nSPS) is 19.9. The van der Waals surface area contributed by atoms with E-state index < -0.39 is 70.1 Å². The summed E-state index contributed by atoms with van der Waals surface area (Å²) in [7, 11) is -4.19. The summed E-state index contributed by atoms with van der Waals surface area (Å²) < 4.78 is 113. The Labute approximate surface area is 257 Å². The summed E-state index contributed by atoms with van der Waals surface area (Å²) in [6.07, 6.45) is 1.43. The van der Waals surface area contributed by atoms with Crippen LogP contribution in [0.4, 0.5) is 26.3 Å². The highest BCUT2D eigenvalue weighted by atomic mass is 32.2. The van der Waals surface area contributed by atoms with E-state index in [0.717, 1.165) is 22.6 Å². The molecule has 3 aromatic rings. The Balaban J connectivity index is 1.33. The van der Waals surface area contributed by atoms with Gasteiger partial charge in [-0.15, -0.1) is 0 Å². The predicted molar refractivity (Wildman–Crippen MR) is 154 cm³/mol. The number of hydrogen-bond acceptors (Lipinski definition) is 5. The number of nitrogens with zero attached hydrogens (tertiary/aromatic N) is 3. The van der Waals surface area contributed by atoms with Crippen LogP contribution >= 0.6 is 0 Å². The van der Waals surface area contributed by atoms with Crippen molar-refractivity contribution < 1.29 is 39.6 Å². The van der Waals surface area contributed by atoms with Gasteiger partial charge in [-0.3, -0.25) is 9.78 Å². The van der Waals surface area contributed by atoms with Crippen LogP contribution in [0, 0.1) is 23.3 Å². The van der Waals surface area contributed by atoms with Gasteiger partial charge in [-0.25, -0.2) is 26.3 Å². The van der Waals surface area contributed by atoms with Crippen LogP contribution in [0.5, 0.6) is 0 Å². The quantitative estimate of drug-likeness (QED) is 0.302. The van der Waals surface area contributed by atoms with Crippen molar-refractivity contribution >= 4 is 16.0 Å². The molecule has 45 heavy (non-hydrogen) atoms. The number of halogens is 6. The van der Waals surface area contributed by atoms with Gasteiger partial charge < -0.3 is 5.32 Å². The van der Waals surface area contributed by atoms with Gasteiger partial charge in [0.05, 0.1) is 12.7 Å². The van der Waals surface area contributed by atoms with Gasteiger partial charge in [-0.1, -0.05) is 12.1 Å². The maximum Gasteiger partial charge on any atom is 0.282 e. The zero-order valence-electron chi connectivity index (χ0n) is 24.2. The third-order valence-corrected chi connectivity index (χ3v) is 10.3. The Morgan fingerprint density at radius 3 is 2.36 bits per heavy atom. The molecule has 0 amide bonds. The molecule has 0 aliphatic carbocycles. The lowest BCUT2D eigenvalue weighted by Crippen LogP contribution is -2.57. The van der Waals surface area contributed by atoms with Crippen LogP contribution in [0.25, 0.3) is 0 Å². The molecule has 0 spiro atoms. The number of carbonyl (C=O) groups excluding carboxylic acids is 1. The first-order valence-corrected chi connectivity index (χ1v) is 15.9. The van der Waals surface area contributed by atoms with E-state index >= 15 is 4.39 Å². The Bertz CT molecular complexity index is 1620.